The van der Waals surface area contributed by atoms with Gasteiger partial charge in [0, 0.05) is 18.2 Å². The van der Waals surface area contributed by atoms with Gasteiger partial charge in [0.25, 0.3) is 5.91 Å². The van der Waals surface area contributed by atoms with E-state index < -0.39 is 0 Å². The van der Waals surface area contributed by atoms with Crippen LogP contribution in [0.15, 0.2) is 12.1 Å². The third kappa shape index (κ3) is 3.14. The van der Waals surface area contributed by atoms with Crippen LogP contribution in [-0.2, 0) is 0 Å². The number of amides is 1. The van der Waals surface area contributed by atoms with Crippen molar-refractivity contribution >= 4 is 5.91 Å². The highest BCUT2D eigenvalue weighted by Gasteiger charge is 2.20. The number of fused-ring (bicyclic) bond motifs is 1. The summed E-state index contributed by atoms with van der Waals surface area (Å²) in [6, 6.07) is 3.54. The molecular formula is C14H20N2O4. The molecule has 0 aliphatic carbocycles. The van der Waals surface area contributed by atoms with Crippen LogP contribution < -0.4 is 24.8 Å². The SMILES string of the molecule is CNC(C)CNC(=O)c1cc(OC)c2c(c1)OCCO2. The van der Waals surface area contributed by atoms with Crippen LogP contribution in [0, 0.1) is 0 Å². The van der Waals surface area contributed by atoms with Crippen molar-refractivity contribution in [2.45, 2.75) is 13.0 Å². The summed E-state index contributed by atoms with van der Waals surface area (Å²) in [5.41, 5.74) is 0.495. The smallest absolute Gasteiger partial charge is 0.251 e. The Kier molecular flexibility index (Phi) is 4.68. The van der Waals surface area contributed by atoms with E-state index in [1.54, 1.807) is 19.2 Å². The number of carbonyl (C=O) groups excluding carboxylic acids is 1. The Balaban J connectivity index is 2.17. The third-order valence-electron chi connectivity index (χ3n) is 3.15. The largest absolute Gasteiger partial charge is 0.493 e. The highest BCUT2D eigenvalue weighted by Crippen LogP contribution is 2.40. The van der Waals surface area contributed by atoms with Crippen LogP contribution >= 0.6 is 0 Å². The molecule has 0 fully saturated rings. The van der Waals surface area contributed by atoms with Gasteiger partial charge in [-0.1, -0.05) is 0 Å². The summed E-state index contributed by atoms with van der Waals surface area (Å²) in [6.45, 7) is 3.49. The van der Waals surface area contributed by atoms with Gasteiger partial charge in [0.2, 0.25) is 5.75 Å². The second-order valence-corrected chi connectivity index (χ2v) is 4.60. The lowest BCUT2D eigenvalue weighted by Crippen LogP contribution is -2.37. The Morgan fingerprint density at radius 2 is 2.15 bits per heavy atom. The lowest BCUT2D eigenvalue weighted by molar-refractivity contribution is 0.0948. The predicted octanol–water partition coefficient (Wildman–Crippen LogP) is 0.804. The van der Waals surface area contributed by atoms with Gasteiger partial charge in [-0.05, 0) is 26.1 Å². The zero-order chi connectivity index (χ0) is 14.5. The van der Waals surface area contributed by atoms with Crippen molar-refractivity contribution in [1.29, 1.82) is 0 Å². The maximum Gasteiger partial charge on any atom is 0.251 e. The minimum atomic E-state index is -0.164. The second-order valence-electron chi connectivity index (χ2n) is 4.60. The number of methoxy groups -OCH3 is 1. The van der Waals surface area contributed by atoms with Gasteiger partial charge in [-0.3, -0.25) is 4.79 Å². The normalized spacial score (nSPS) is 14.6. The number of hydrogen-bond acceptors (Lipinski definition) is 5. The molecule has 1 aliphatic rings. The summed E-state index contributed by atoms with van der Waals surface area (Å²) in [6.07, 6.45) is 0. The zero-order valence-electron chi connectivity index (χ0n) is 12.0. The van der Waals surface area contributed by atoms with Crippen molar-refractivity contribution < 1.29 is 19.0 Å². The van der Waals surface area contributed by atoms with Crippen molar-refractivity contribution in [3.8, 4) is 17.2 Å². The molecule has 1 heterocycles. The van der Waals surface area contributed by atoms with Crippen LogP contribution in [0.4, 0.5) is 0 Å². The molecule has 6 heteroatoms. The van der Waals surface area contributed by atoms with E-state index in [0.29, 0.717) is 42.6 Å². The number of benzene rings is 1. The summed E-state index contributed by atoms with van der Waals surface area (Å²) in [4.78, 5) is 12.1. The summed E-state index contributed by atoms with van der Waals surface area (Å²) in [5, 5.41) is 5.91. The number of hydrogen-bond donors (Lipinski definition) is 2. The fraction of sp³-hybridized carbons (Fsp3) is 0.500. The second kappa shape index (κ2) is 6.47. The first kappa shape index (κ1) is 14.5. The number of rotatable bonds is 5. The monoisotopic (exact) mass is 280 g/mol. The van der Waals surface area contributed by atoms with Gasteiger partial charge in [-0.25, -0.2) is 0 Å². The predicted molar refractivity (Wildman–Crippen MR) is 74.8 cm³/mol. The summed E-state index contributed by atoms with van der Waals surface area (Å²) < 4.78 is 16.3. The molecule has 6 nitrogen and oxygen atoms in total. The first-order valence-corrected chi connectivity index (χ1v) is 6.58. The number of ether oxygens (including phenoxy) is 3. The van der Waals surface area contributed by atoms with Crippen LogP contribution in [0.5, 0.6) is 17.2 Å². The fourth-order valence-electron chi connectivity index (χ4n) is 1.85. The van der Waals surface area contributed by atoms with Crippen LogP contribution in [0.3, 0.4) is 0 Å². The molecule has 0 aromatic heterocycles. The highest BCUT2D eigenvalue weighted by atomic mass is 16.6. The maximum atomic E-state index is 12.1. The molecule has 1 atom stereocenters. The van der Waals surface area contributed by atoms with Crippen molar-refractivity contribution in [3.63, 3.8) is 0 Å². The summed E-state index contributed by atoms with van der Waals surface area (Å²) >= 11 is 0. The number of nitrogens with one attached hydrogen (secondary N) is 2. The van der Waals surface area contributed by atoms with Crippen molar-refractivity contribution in [2.24, 2.45) is 0 Å². The zero-order valence-corrected chi connectivity index (χ0v) is 12.0. The summed E-state index contributed by atoms with van der Waals surface area (Å²) in [5.74, 6) is 1.44. The minimum Gasteiger partial charge on any atom is -0.493 e. The van der Waals surface area contributed by atoms with Crippen molar-refractivity contribution in [1.82, 2.24) is 10.6 Å². The van der Waals surface area contributed by atoms with Gasteiger partial charge >= 0.3 is 0 Å². The Morgan fingerprint density at radius 1 is 1.40 bits per heavy atom. The molecule has 1 amide bonds. The quantitative estimate of drug-likeness (QED) is 0.835. The molecule has 1 aromatic rings. The Morgan fingerprint density at radius 3 is 2.85 bits per heavy atom. The van der Waals surface area contributed by atoms with Gasteiger partial charge in [0.1, 0.15) is 13.2 Å². The van der Waals surface area contributed by atoms with E-state index in [1.165, 1.54) is 0 Å². The molecule has 20 heavy (non-hydrogen) atoms. The summed E-state index contributed by atoms with van der Waals surface area (Å²) in [7, 11) is 3.39. The van der Waals surface area contributed by atoms with Gasteiger partial charge in [-0.15, -0.1) is 0 Å². The molecule has 0 spiro atoms. The molecule has 1 unspecified atom stereocenters. The van der Waals surface area contributed by atoms with Gasteiger partial charge < -0.3 is 24.8 Å². The molecular weight excluding hydrogens is 260 g/mol. The maximum absolute atomic E-state index is 12.1. The molecule has 2 rings (SSSR count). The Labute approximate surface area is 118 Å². The molecule has 0 radical (unpaired) electrons. The van der Waals surface area contributed by atoms with Crippen LogP contribution in [0.25, 0.3) is 0 Å². The van der Waals surface area contributed by atoms with Gasteiger partial charge in [0.05, 0.1) is 7.11 Å². The van der Waals surface area contributed by atoms with Crippen LogP contribution in [0.2, 0.25) is 0 Å². The van der Waals surface area contributed by atoms with E-state index in [4.69, 9.17) is 14.2 Å². The van der Waals surface area contributed by atoms with E-state index in [2.05, 4.69) is 10.6 Å². The first-order valence-electron chi connectivity index (χ1n) is 6.58. The fourth-order valence-corrected chi connectivity index (χ4v) is 1.85. The number of carbonyl (C=O) groups is 1. The molecule has 0 bridgehead atoms. The molecule has 1 aliphatic heterocycles. The van der Waals surface area contributed by atoms with E-state index in [9.17, 15) is 4.79 Å². The third-order valence-corrected chi connectivity index (χ3v) is 3.15. The lowest BCUT2D eigenvalue weighted by atomic mass is 10.1. The van der Waals surface area contributed by atoms with Crippen molar-refractivity contribution in [3.05, 3.63) is 17.7 Å². The van der Waals surface area contributed by atoms with E-state index >= 15 is 0 Å². The number of likely N-dealkylation sites (N-methyl/N-ethyl adjacent to an activating group) is 1. The van der Waals surface area contributed by atoms with Crippen LogP contribution in [0.1, 0.15) is 17.3 Å². The van der Waals surface area contributed by atoms with E-state index in [-0.39, 0.29) is 11.9 Å². The van der Waals surface area contributed by atoms with E-state index in [0.717, 1.165) is 0 Å². The molecule has 2 N–H and O–H groups in total. The van der Waals surface area contributed by atoms with Crippen LogP contribution in [-0.4, -0.2) is 45.9 Å². The molecule has 110 valence electrons. The van der Waals surface area contributed by atoms with E-state index in [1.807, 2.05) is 14.0 Å². The molecule has 0 saturated carbocycles. The topological polar surface area (TPSA) is 68.8 Å². The Bertz CT molecular complexity index is 473. The van der Waals surface area contributed by atoms with Gasteiger partial charge in [0.15, 0.2) is 11.5 Å². The lowest BCUT2D eigenvalue weighted by Gasteiger charge is -2.21. The Hall–Kier alpha value is -1.95. The molecule has 1 aromatic carbocycles. The highest BCUT2D eigenvalue weighted by molar-refractivity contribution is 5.95. The average Bonchev–Trinajstić information content (AvgIpc) is 2.50. The first-order chi connectivity index (χ1) is 9.65. The minimum absolute atomic E-state index is 0.164. The molecule has 0 saturated heterocycles. The van der Waals surface area contributed by atoms with Crippen molar-refractivity contribution in [2.75, 3.05) is 33.9 Å². The standard InChI is InChI=1S/C14H20N2O4/c1-9(15-2)8-16-14(17)10-6-11(18-3)13-12(7-10)19-4-5-20-13/h6-7,9,15H,4-5,8H2,1-3H3,(H,16,17). The average molecular weight is 280 g/mol. The van der Waals surface area contributed by atoms with Gasteiger partial charge in [-0.2, -0.15) is 0 Å².